The molecule has 1 aliphatic carbocycles. The summed E-state index contributed by atoms with van der Waals surface area (Å²) in [6.07, 6.45) is 6.69. The molecule has 2 unspecified atom stereocenters. The van der Waals surface area contributed by atoms with Crippen LogP contribution in [0.25, 0.3) is 0 Å². The van der Waals surface area contributed by atoms with Crippen LogP contribution >= 0.6 is 27.3 Å². The quantitative estimate of drug-likeness (QED) is 0.762. The first kappa shape index (κ1) is 12.6. The van der Waals surface area contributed by atoms with Crippen LogP contribution in [0.4, 0.5) is 0 Å². The van der Waals surface area contributed by atoms with Crippen molar-refractivity contribution >= 4 is 27.3 Å². The van der Waals surface area contributed by atoms with Crippen molar-refractivity contribution in [3.63, 3.8) is 0 Å². The van der Waals surface area contributed by atoms with Crippen LogP contribution in [-0.2, 0) is 6.42 Å². The van der Waals surface area contributed by atoms with Gasteiger partial charge in [-0.25, -0.2) is 0 Å². The molecule has 0 amide bonds. The van der Waals surface area contributed by atoms with Gasteiger partial charge in [0, 0.05) is 22.3 Å². The molecule has 0 spiro atoms. The fourth-order valence-corrected chi connectivity index (χ4v) is 4.16. The predicted molar refractivity (Wildman–Crippen MR) is 75.6 cm³/mol. The van der Waals surface area contributed by atoms with E-state index in [1.54, 1.807) is 0 Å². The van der Waals surface area contributed by atoms with Crippen molar-refractivity contribution in [1.82, 2.24) is 4.90 Å². The molecule has 0 aliphatic heterocycles. The normalized spacial score (nSPS) is 26.2. The third-order valence-electron chi connectivity index (χ3n) is 3.50. The molecule has 0 radical (unpaired) electrons. The highest BCUT2D eigenvalue weighted by Crippen LogP contribution is 2.28. The highest BCUT2D eigenvalue weighted by atomic mass is 79.9. The van der Waals surface area contributed by atoms with E-state index in [9.17, 15) is 0 Å². The minimum atomic E-state index is 0.703. The van der Waals surface area contributed by atoms with Crippen LogP contribution in [0.2, 0.25) is 0 Å². The van der Waals surface area contributed by atoms with Crippen molar-refractivity contribution in [2.45, 2.75) is 43.0 Å². The van der Waals surface area contributed by atoms with Gasteiger partial charge in [-0.05, 0) is 37.8 Å². The molecule has 1 heterocycles. The largest absolute Gasteiger partial charge is 0.302 e. The molecule has 0 aromatic carbocycles. The number of hydrogen-bond acceptors (Lipinski definition) is 2. The molecular weight excluding hydrogens is 282 g/mol. The second-order valence-electron chi connectivity index (χ2n) is 4.68. The van der Waals surface area contributed by atoms with E-state index in [2.05, 4.69) is 45.4 Å². The number of likely N-dealkylation sites (N-methyl/N-ethyl adjacent to an activating group) is 1. The van der Waals surface area contributed by atoms with Gasteiger partial charge in [-0.1, -0.05) is 34.8 Å². The first-order valence-corrected chi connectivity index (χ1v) is 7.93. The first-order valence-electron chi connectivity index (χ1n) is 6.14. The van der Waals surface area contributed by atoms with Crippen molar-refractivity contribution in [3.8, 4) is 0 Å². The lowest BCUT2D eigenvalue weighted by Crippen LogP contribution is -2.41. The summed E-state index contributed by atoms with van der Waals surface area (Å²) in [6.45, 7) is 1.19. The maximum atomic E-state index is 3.83. The second kappa shape index (κ2) is 6.18. The molecule has 90 valence electrons. The maximum absolute atomic E-state index is 3.83. The first-order chi connectivity index (χ1) is 7.77. The van der Waals surface area contributed by atoms with Crippen molar-refractivity contribution in [2.75, 3.05) is 13.6 Å². The van der Waals surface area contributed by atoms with Crippen molar-refractivity contribution in [3.05, 3.63) is 22.4 Å². The number of hydrogen-bond donors (Lipinski definition) is 0. The Labute approximate surface area is 111 Å². The van der Waals surface area contributed by atoms with E-state index in [0.29, 0.717) is 4.83 Å². The molecule has 1 aliphatic rings. The summed E-state index contributed by atoms with van der Waals surface area (Å²) in [6, 6.07) is 5.13. The van der Waals surface area contributed by atoms with Gasteiger partial charge in [0.25, 0.3) is 0 Å². The molecule has 2 atom stereocenters. The van der Waals surface area contributed by atoms with Crippen LogP contribution in [-0.4, -0.2) is 29.4 Å². The number of nitrogens with zero attached hydrogens (tertiary/aromatic N) is 1. The van der Waals surface area contributed by atoms with E-state index >= 15 is 0 Å². The van der Waals surface area contributed by atoms with Crippen LogP contribution in [0.15, 0.2) is 17.5 Å². The van der Waals surface area contributed by atoms with Crippen molar-refractivity contribution in [1.29, 1.82) is 0 Å². The van der Waals surface area contributed by atoms with E-state index in [0.717, 1.165) is 6.04 Å². The van der Waals surface area contributed by atoms with E-state index in [1.807, 2.05) is 11.3 Å². The zero-order chi connectivity index (χ0) is 11.4. The Hall–Kier alpha value is 0.140. The van der Waals surface area contributed by atoms with Gasteiger partial charge in [-0.15, -0.1) is 11.3 Å². The number of rotatable bonds is 4. The predicted octanol–water partition coefficient (Wildman–Crippen LogP) is 3.93. The topological polar surface area (TPSA) is 3.24 Å². The van der Waals surface area contributed by atoms with Gasteiger partial charge in [0.15, 0.2) is 0 Å². The highest BCUT2D eigenvalue weighted by Gasteiger charge is 2.25. The van der Waals surface area contributed by atoms with Crippen LogP contribution in [0, 0.1) is 0 Å². The molecule has 1 nitrogen and oxygen atoms in total. The number of thiophene rings is 1. The van der Waals surface area contributed by atoms with Gasteiger partial charge in [0.05, 0.1) is 0 Å². The molecular formula is C13H20BrNS. The van der Waals surface area contributed by atoms with Crippen molar-refractivity contribution in [2.24, 2.45) is 0 Å². The Morgan fingerprint density at radius 3 is 2.94 bits per heavy atom. The van der Waals surface area contributed by atoms with Crippen molar-refractivity contribution < 1.29 is 0 Å². The van der Waals surface area contributed by atoms with Gasteiger partial charge in [-0.2, -0.15) is 0 Å². The van der Waals surface area contributed by atoms with Gasteiger partial charge in [0.1, 0.15) is 0 Å². The van der Waals surface area contributed by atoms with Crippen LogP contribution in [0.5, 0.6) is 0 Å². The Morgan fingerprint density at radius 1 is 1.44 bits per heavy atom. The van der Waals surface area contributed by atoms with Gasteiger partial charge in [-0.3, -0.25) is 0 Å². The van der Waals surface area contributed by atoms with Crippen LogP contribution in [0.1, 0.15) is 30.6 Å². The summed E-state index contributed by atoms with van der Waals surface area (Å²) in [5, 5.41) is 2.17. The van der Waals surface area contributed by atoms with Gasteiger partial charge < -0.3 is 4.90 Å². The Bertz CT molecular complexity index is 299. The lowest BCUT2D eigenvalue weighted by molar-refractivity contribution is 0.203. The smallest absolute Gasteiger partial charge is 0.0301 e. The third kappa shape index (κ3) is 3.31. The minimum absolute atomic E-state index is 0.703. The summed E-state index contributed by atoms with van der Waals surface area (Å²) in [5.74, 6) is 0. The molecule has 1 fully saturated rings. The van der Waals surface area contributed by atoms with Crippen LogP contribution < -0.4 is 0 Å². The fourth-order valence-electron chi connectivity index (χ4n) is 2.47. The molecule has 16 heavy (non-hydrogen) atoms. The van der Waals surface area contributed by atoms with Gasteiger partial charge in [0.2, 0.25) is 0 Å². The second-order valence-corrected chi connectivity index (χ2v) is 6.89. The molecule has 0 N–H and O–H groups in total. The molecule has 2 rings (SSSR count). The molecule has 0 bridgehead atoms. The standard InChI is InChI=1S/C13H20BrNS/c1-15(9-8-11-5-4-10-16-11)13-7-3-2-6-12(13)14/h4-5,10,12-13H,2-3,6-9H2,1H3. The average molecular weight is 302 g/mol. The Morgan fingerprint density at radius 2 is 2.25 bits per heavy atom. The zero-order valence-electron chi connectivity index (χ0n) is 9.86. The lowest BCUT2D eigenvalue weighted by Gasteiger charge is -2.35. The Balaban J connectivity index is 1.80. The van der Waals surface area contributed by atoms with E-state index < -0.39 is 0 Å². The Kier molecular flexibility index (Phi) is 4.86. The third-order valence-corrected chi connectivity index (χ3v) is 5.51. The molecule has 1 saturated carbocycles. The highest BCUT2D eigenvalue weighted by molar-refractivity contribution is 9.09. The summed E-state index contributed by atoms with van der Waals surface area (Å²) in [7, 11) is 2.28. The molecule has 3 heteroatoms. The van der Waals surface area contributed by atoms with E-state index in [1.165, 1.54) is 43.5 Å². The summed E-state index contributed by atoms with van der Waals surface area (Å²) in [5.41, 5.74) is 0. The summed E-state index contributed by atoms with van der Waals surface area (Å²) in [4.78, 5) is 4.75. The van der Waals surface area contributed by atoms with Gasteiger partial charge >= 0.3 is 0 Å². The molecule has 1 aromatic heterocycles. The monoisotopic (exact) mass is 301 g/mol. The summed E-state index contributed by atoms with van der Waals surface area (Å²) >= 11 is 5.71. The van der Waals surface area contributed by atoms with E-state index in [-0.39, 0.29) is 0 Å². The van der Waals surface area contributed by atoms with E-state index in [4.69, 9.17) is 0 Å². The number of alkyl halides is 1. The molecule has 1 aromatic rings. The average Bonchev–Trinajstić information content (AvgIpc) is 2.79. The fraction of sp³-hybridized carbons (Fsp3) is 0.692. The maximum Gasteiger partial charge on any atom is 0.0301 e. The number of halogens is 1. The SMILES string of the molecule is CN(CCc1cccs1)C1CCCCC1Br. The minimum Gasteiger partial charge on any atom is -0.302 e. The molecule has 0 saturated heterocycles. The lowest BCUT2D eigenvalue weighted by atomic mass is 9.94. The zero-order valence-corrected chi connectivity index (χ0v) is 12.3. The summed E-state index contributed by atoms with van der Waals surface area (Å²) < 4.78 is 0. The van der Waals surface area contributed by atoms with Crippen LogP contribution in [0.3, 0.4) is 0 Å².